The smallest absolute Gasteiger partial charge is 0.410 e. The number of allylic oxidation sites excluding steroid dienone is 1. The zero-order valence-corrected chi connectivity index (χ0v) is 11.7. The predicted octanol–water partition coefficient (Wildman–Crippen LogP) is 2.78. The fourth-order valence-corrected chi connectivity index (χ4v) is 2.39. The summed E-state index contributed by atoms with van der Waals surface area (Å²) in [4.78, 5) is 25.5. The van der Waals surface area contributed by atoms with Gasteiger partial charge in [0.05, 0.1) is 0 Å². The molecule has 0 aromatic rings. The Morgan fingerprint density at radius 2 is 2.06 bits per heavy atom. The van der Waals surface area contributed by atoms with Crippen LogP contribution in [0.2, 0.25) is 0 Å². The van der Waals surface area contributed by atoms with E-state index in [0.29, 0.717) is 13.0 Å². The lowest BCUT2D eigenvalue weighted by Gasteiger charge is -2.29. The molecule has 4 nitrogen and oxygen atoms in total. The molecule has 1 saturated heterocycles. The summed E-state index contributed by atoms with van der Waals surface area (Å²) in [6, 6.07) is -0.0645. The van der Waals surface area contributed by atoms with Gasteiger partial charge in [-0.1, -0.05) is 13.5 Å². The summed E-state index contributed by atoms with van der Waals surface area (Å²) in [6.45, 7) is 11.6. The van der Waals surface area contributed by atoms with E-state index in [-0.39, 0.29) is 23.8 Å². The van der Waals surface area contributed by atoms with E-state index in [0.717, 1.165) is 6.42 Å². The quantitative estimate of drug-likeness (QED) is 0.727. The van der Waals surface area contributed by atoms with Crippen molar-refractivity contribution >= 4 is 11.9 Å². The third-order valence-electron chi connectivity index (χ3n) is 3.16. The highest BCUT2D eigenvalue weighted by molar-refractivity contribution is 5.92. The van der Waals surface area contributed by atoms with Gasteiger partial charge in [-0.2, -0.15) is 0 Å². The number of amides is 1. The Kier molecular flexibility index (Phi) is 4.54. The molecular weight excluding hydrogens is 230 g/mol. The molecule has 0 aliphatic carbocycles. The Bertz CT molecular complexity index is 343. The zero-order valence-electron chi connectivity index (χ0n) is 11.7. The average Bonchev–Trinajstić information content (AvgIpc) is 2.69. The largest absolute Gasteiger partial charge is 0.444 e. The number of hydrogen-bond acceptors (Lipinski definition) is 3. The minimum Gasteiger partial charge on any atom is -0.444 e. The molecule has 102 valence electrons. The van der Waals surface area contributed by atoms with E-state index in [1.165, 1.54) is 6.08 Å². The van der Waals surface area contributed by atoms with Crippen molar-refractivity contribution < 1.29 is 14.3 Å². The molecule has 1 aliphatic heterocycles. The summed E-state index contributed by atoms with van der Waals surface area (Å²) in [7, 11) is 0. The molecule has 1 heterocycles. The lowest BCUT2D eigenvalue weighted by molar-refractivity contribution is -0.118. The number of carbonyl (C=O) groups excluding carboxylic acids is 2. The van der Waals surface area contributed by atoms with E-state index >= 15 is 0 Å². The van der Waals surface area contributed by atoms with Gasteiger partial charge in [0.15, 0.2) is 5.78 Å². The van der Waals surface area contributed by atoms with Crippen molar-refractivity contribution in [1.29, 1.82) is 0 Å². The molecule has 2 unspecified atom stereocenters. The van der Waals surface area contributed by atoms with E-state index in [1.54, 1.807) is 4.90 Å². The third kappa shape index (κ3) is 3.34. The number of nitrogens with zero attached hydrogens (tertiary/aromatic N) is 1. The highest BCUT2D eigenvalue weighted by Gasteiger charge is 2.40. The van der Waals surface area contributed by atoms with Crippen LogP contribution in [-0.2, 0) is 9.53 Å². The summed E-state index contributed by atoms with van der Waals surface area (Å²) in [5, 5.41) is 0. The molecule has 0 N–H and O–H groups in total. The first-order chi connectivity index (χ1) is 8.30. The van der Waals surface area contributed by atoms with Gasteiger partial charge in [0, 0.05) is 18.5 Å². The molecule has 2 atom stereocenters. The number of ketones is 1. The normalized spacial score (nSPS) is 23.9. The first-order valence-corrected chi connectivity index (χ1v) is 6.46. The van der Waals surface area contributed by atoms with Gasteiger partial charge in [0.1, 0.15) is 5.60 Å². The van der Waals surface area contributed by atoms with Gasteiger partial charge in [0.2, 0.25) is 0 Å². The number of likely N-dealkylation sites (tertiary alicyclic amines) is 1. The van der Waals surface area contributed by atoms with Crippen LogP contribution in [0.1, 0.15) is 40.5 Å². The van der Waals surface area contributed by atoms with Crippen LogP contribution in [0.25, 0.3) is 0 Å². The van der Waals surface area contributed by atoms with Gasteiger partial charge in [-0.3, -0.25) is 4.79 Å². The Balaban J connectivity index is 2.76. The Hall–Kier alpha value is -1.32. The van der Waals surface area contributed by atoms with Crippen molar-refractivity contribution in [1.82, 2.24) is 4.90 Å². The van der Waals surface area contributed by atoms with Gasteiger partial charge in [-0.25, -0.2) is 4.79 Å². The summed E-state index contributed by atoms with van der Waals surface area (Å²) in [6.07, 6.45) is 2.48. The lowest BCUT2D eigenvalue weighted by atomic mass is 9.94. The SMILES string of the molecule is C=CC(=O)C1CCN(C(=O)OC(C)(C)C)C1CC. The molecule has 0 saturated carbocycles. The maximum atomic E-state index is 12.1. The van der Waals surface area contributed by atoms with Crippen LogP contribution < -0.4 is 0 Å². The number of hydrogen-bond donors (Lipinski definition) is 0. The highest BCUT2D eigenvalue weighted by atomic mass is 16.6. The van der Waals surface area contributed by atoms with Crippen LogP contribution in [0.5, 0.6) is 0 Å². The fourth-order valence-electron chi connectivity index (χ4n) is 2.39. The maximum absolute atomic E-state index is 12.1. The topological polar surface area (TPSA) is 46.6 Å². The molecule has 1 rings (SSSR count). The standard InChI is InChI=1S/C14H23NO3/c1-6-11-10(12(16)7-2)8-9-15(11)13(17)18-14(3,4)5/h7,10-11H,2,6,8-9H2,1,3-5H3. The molecular formula is C14H23NO3. The number of ether oxygens (including phenoxy) is 1. The van der Waals surface area contributed by atoms with Crippen molar-refractivity contribution in [2.45, 2.75) is 52.2 Å². The van der Waals surface area contributed by atoms with Crippen molar-refractivity contribution in [3.63, 3.8) is 0 Å². The molecule has 0 radical (unpaired) electrons. The van der Waals surface area contributed by atoms with Crippen molar-refractivity contribution in [3.05, 3.63) is 12.7 Å². The number of rotatable bonds is 3. The predicted molar refractivity (Wildman–Crippen MR) is 70.3 cm³/mol. The molecule has 4 heteroatoms. The minimum atomic E-state index is -0.504. The van der Waals surface area contributed by atoms with Gasteiger partial charge in [0.25, 0.3) is 0 Å². The Morgan fingerprint density at radius 3 is 2.50 bits per heavy atom. The van der Waals surface area contributed by atoms with Gasteiger partial charge >= 0.3 is 6.09 Å². The van der Waals surface area contributed by atoms with Crippen LogP contribution in [-0.4, -0.2) is 35.0 Å². The van der Waals surface area contributed by atoms with Crippen LogP contribution in [0, 0.1) is 5.92 Å². The molecule has 18 heavy (non-hydrogen) atoms. The van der Waals surface area contributed by atoms with Crippen LogP contribution in [0.4, 0.5) is 4.79 Å². The van der Waals surface area contributed by atoms with Crippen molar-refractivity contribution in [2.75, 3.05) is 6.54 Å². The van der Waals surface area contributed by atoms with Crippen molar-refractivity contribution in [2.24, 2.45) is 5.92 Å². The fraction of sp³-hybridized carbons (Fsp3) is 0.714. The van der Waals surface area contributed by atoms with Gasteiger partial charge in [-0.15, -0.1) is 0 Å². The summed E-state index contributed by atoms with van der Waals surface area (Å²) in [5.41, 5.74) is -0.504. The van der Waals surface area contributed by atoms with Gasteiger partial charge in [-0.05, 0) is 39.7 Å². The molecule has 0 bridgehead atoms. The van der Waals surface area contributed by atoms with E-state index in [4.69, 9.17) is 4.74 Å². The molecule has 0 spiro atoms. The highest BCUT2D eigenvalue weighted by Crippen LogP contribution is 2.29. The Morgan fingerprint density at radius 1 is 1.44 bits per heavy atom. The summed E-state index contributed by atoms with van der Waals surface area (Å²) >= 11 is 0. The minimum absolute atomic E-state index is 0.0212. The zero-order chi connectivity index (χ0) is 13.9. The van der Waals surface area contributed by atoms with Crippen LogP contribution >= 0.6 is 0 Å². The second kappa shape index (κ2) is 5.55. The van der Waals surface area contributed by atoms with E-state index in [2.05, 4.69) is 6.58 Å². The maximum Gasteiger partial charge on any atom is 0.410 e. The molecule has 0 aromatic heterocycles. The molecule has 0 aromatic carbocycles. The molecule has 1 fully saturated rings. The summed E-state index contributed by atoms with van der Waals surface area (Å²) in [5.74, 6) is -0.104. The first kappa shape index (κ1) is 14.7. The van der Waals surface area contributed by atoms with Gasteiger partial charge < -0.3 is 9.64 Å². The lowest BCUT2D eigenvalue weighted by Crippen LogP contribution is -2.42. The monoisotopic (exact) mass is 253 g/mol. The number of carbonyl (C=O) groups is 2. The van der Waals surface area contributed by atoms with Crippen LogP contribution in [0.3, 0.4) is 0 Å². The van der Waals surface area contributed by atoms with E-state index in [1.807, 2.05) is 27.7 Å². The first-order valence-electron chi connectivity index (χ1n) is 6.46. The summed E-state index contributed by atoms with van der Waals surface area (Å²) < 4.78 is 5.37. The van der Waals surface area contributed by atoms with E-state index < -0.39 is 5.60 Å². The average molecular weight is 253 g/mol. The molecule has 1 aliphatic rings. The second-order valence-corrected chi connectivity index (χ2v) is 5.65. The van der Waals surface area contributed by atoms with Crippen molar-refractivity contribution in [3.8, 4) is 0 Å². The third-order valence-corrected chi connectivity index (χ3v) is 3.16. The second-order valence-electron chi connectivity index (χ2n) is 5.65. The Labute approximate surface area is 109 Å². The molecule has 1 amide bonds. The van der Waals surface area contributed by atoms with Crippen LogP contribution in [0.15, 0.2) is 12.7 Å². The van der Waals surface area contributed by atoms with E-state index in [9.17, 15) is 9.59 Å².